The van der Waals surface area contributed by atoms with Crippen LogP contribution in [0.15, 0.2) is 52.7 Å². The molecule has 0 saturated carbocycles. The molecule has 0 radical (unpaired) electrons. The average molecular weight is 855 g/mol. The zero-order valence-corrected chi connectivity index (χ0v) is 37.7. The Balaban J connectivity index is 1.16. The van der Waals surface area contributed by atoms with Crippen molar-refractivity contribution < 1.29 is 52.9 Å². The molecular weight excluding hydrogens is 793 g/mol. The van der Waals surface area contributed by atoms with E-state index in [1.54, 1.807) is 26.0 Å². The molecule has 13 heteroatoms. The first-order chi connectivity index (χ1) is 29.1. The van der Waals surface area contributed by atoms with Crippen molar-refractivity contribution in [3.63, 3.8) is 0 Å². The highest BCUT2D eigenvalue weighted by Crippen LogP contribution is 2.55. The predicted octanol–water partition coefficient (Wildman–Crippen LogP) is 8.07. The number of nitrogens with zero attached hydrogens (tertiary/aromatic N) is 1. The van der Waals surface area contributed by atoms with Crippen LogP contribution in [0.4, 0.5) is 0 Å². The van der Waals surface area contributed by atoms with Gasteiger partial charge in [0.15, 0.2) is 11.6 Å². The monoisotopic (exact) mass is 854 g/mol. The molecule has 6 rings (SSSR count). The number of allylic oxidation sites excluding steroid dienone is 5. The van der Waals surface area contributed by atoms with E-state index in [1.807, 2.05) is 46.8 Å². The van der Waals surface area contributed by atoms with Crippen molar-refractivity contribution in [1.82, 2.24) is 10.4 Å². The molecule has 62 heavy (non-hydrogen) atoms. The van der Waals surface area contributed by atoms with Crippen molar-refractivity contribution in [3.05, 3.63) is 69.4 Å². The highest BCUT2D eigenvalue weighted by atomic mass is 16.7. The number of amides is 3. The number of nitrogens with one attached hydrogen (secondary N) is 1. The second-order valence-electron chi connectivity index (χ2n) is 18.8. The van der Waals surface area contributed by atoms with E-state index in [2.05, 4.69) is 31.3 Å². The molecule has 4 heterocycles. The number of hydrogen-bond donors (Lipinski definition) is 2. The molecule has 5 aliphatic rings. The summed E-state index contributed by atoms with van der Waals surface area (Å²) in [7, 11) is 0. The Morgan fingerprint density at radius 1 is 0.935 bits per heavy atom. The number of phenolic OH excluding ortho intramolecular Hbond substituents is 1. The maximum absolute atomic E-state index is 14.7. The van der Waals surface area contributed by atoms with Crippen molar-refractivity contribution in [1.29, 1.82) is 0 Å². The maximum Gasteiger partial charge on any atom is 0.333 e. The van der Waals surface area contributed by atoms with Crippen LogP contribution in [-0.4, -0.2) is 74.9 Å². The van der Waals surface area contributed by atoms with Gasteiger partial charge in [-0.05, 0) is 113 Å². The van der Waals surface area contributed by atoms with E-state index in [9.17, 15) is 33.9 Å². The molecule has 1 aromatic carbocycles. The fourth-order valence-electron chi connectivity index (χ4n) is 9.02. The van der Waals surface area contributed by atoms with Gasteiger partial charge in [-0.15, -0.1) is 5.06 Å². The number of unbranched alkanes of at least 4 members (excludes halogenated alkanes) is 2. The van der Waals surface area contributed by atoms with Crippen molar-refractivity contribution in [2.24, 2.45) is 11.8 Å². The molecule has 2 N–H and O–H groups in total. The number of imide groups is 1. The third kappa shape index (κ3) is 9.67. The van der Waals surface area contributed by atoms with Gasteiger partial charge in [-0.2, -0.15) is 0 Å². The van der Waals surface area contributed by atoms with Crippen LogP contribution in [-0.2, 0) is 40.0 Å². The van der Waals surface area contributed by atoms with Crippen LogP contribution in [0, 0.1) is 11.8 Å². The van der Waals surface area contributed by atoms with E-state index in [4.69, 9.17) is 19.0 Å². The van der Waals surface area contributed by atoms with E-state index in [-0.39, 0.29) is 54.5 Å². The summed E-state index contributed by atoms with van der Waals surface area (Å²) in [6.07, 6.45) is 14.8. The molecule has 2 fully saturated rings. The molecule has 2 bridgehead atoms. The van der Waals surface area contributed by atoms with Gasteiger partial charge in [0.05, 0.1) is 11.2 Å². The number of aromatic hydroxyl groups is 1. The molecule has 5 atom stereocenters. The number of Topliss-reactive ketones (excluding diaryl/α,β-unsaturated/α-hetero) is 2. The fourth-order valence-corrected chi connectivity index (χ4v) is 9.02. The standard InChI is InChI=1S/C49H62N2O11/c1-28(2)14-13-22-48(8)23-21-32-40(55)39-41(56)34-26-31-27-35(43(34)59-44(39)33(42(32)60-48)17-16-29(3)4)47(6,7)62-49(9,45(31)57)24-20-30(5)46(58)50-25-12-10-11-15-38(54)61-51-36(52)18-19-37(51)53/h14,16,20-21,23,26,31,35,43,55H,10-13,15,17-19,22,24-25,27H2,1-9H3,(H,50,58)/b30-20-. The van der Waals surface area contributed by atoms with Crippen LogP contribution >= 0.6 is 0 Å². The number of rotatable bonds is 15. The SMILES string of the molecule is CC(C)=CCCC1(C)C=Cc2c(O)c3c(c(CC=C(C)C)c2O1)OC1C(=CC2CC1C(C)(C)OC(C)(C/C=C(/C)C(=O)NCCCCCC(=O)ON1C(=O)CCC1=O)C2=O)C3=O. The summed E-state index contributed by atoms with van der Waals surface area (Å²) in [5.74, 6) is -3.11. The molecule has 5 unspecified atom stereocenters. The Bertz CT molecular complexity index is 2180. The lowest BCUT2D eigenvalue weighted by Crippen LogP contribution is -2.50. The van der Waals surface area contributed by atoms with Crippen molar-refractivity contribution in [2.45, 2.75) is 156 Å². The summed E-state index contributed by atoms with van der Waals surface area (Å²) in [6.45, 7) is 17.7. The minimum atomic E-state index is -1.34. The number of fused-ring (bicyclic) bond motifs is 6. The molecular formula is C49H62N2O11. The number of phenols is 1. The quantitative estimate of drug-likeness (QED) is 0.0756. The van der Waals surface area contributed by atoms with Crippen LogP contribution in [0.5, 0.6) is 17.2 Å². The van der Waals surface area contributed by atoms with Gasteiger partial charge in [0.2, 0.25) is 5.91 Å². The normalized spacial score (nSPS) is 26.0. The number of ketones is 2. The van der Waals surface area contributed by atoms with E-state index in [1.165, 1.54) is 5.57 Å². The number of benzene rings is 1. The minimum Gasteiger partial charge on any atom is -0.506 e. The third-order valence-corrected chi connectivity index (χ3v) is 12.6. The summed E-state index contributed by atoms with van der Waals surface area (Å²) < 4.78 is 20.5. The summed E-state index contributed by atoms with van der Waals surface area (Å²) in [6, 6.07) is 0. The molecule has 4 aliphatic heterocycles. The number of carbonyl (C=O) groups is 6. The van der Waals surface area contributed by atoms with Gasteiger partial charge in [-0.1, -0.05) is 41.9 Å². The highest BCUT2D eigenvalue weighted by molar-refractivity contribution is 6.16. The fraction of sp³-hybridized carbons (Fsp3) is 0.551. The molecule has 0 spiro atoms. The Morgan fingerprint density at radius 2 is 1.63 bits per heavy atom. The van der Waals surface area contributed by atoms with E-state index in [0.717, 1.165) is 12.0 Å². The predicted molar refractivity (Wildman–Crippen MR) is 232 cm³/mol. The number of hydrogen-bond acceptors (Lipinski definition) is 11. The minimum absolute atomic E-state index is 0.0322. The molecule has 2 saturated heterocycles. The van der Waals surface area contributed by atoms with Gasteiger partial charge in [-0.3, -0.25) is 24.0 Å². The first kappa shape index (κ1) is 46.2. The van der Waals surface area contributed by atoms with Gasteiger partial charge >= 0.3 is 5.97 Å². The Morgan fingerprint density at radius 3 is 2.31 bits per heavy atom. The van der Waals surface area contributed by atoms with E-state index in [0.29, 0.717) is 83.9 Å². The Labute approximate surface area is 364 Å². The maximum atomic E-state index is 14.7. The van der Waals surface area contributed by atoms with E-state index < -0.39 is 52.5 Å². The zero-order valence-electron chi connectivity index (χ0n) is 37.7. The lowest BCUT2D eigenvalue weighted by Gasteiger charge is -2.45. The number of hydroxylamine groups is 2. The smallest absolute Gasteiger partial charge is 0.333 e. The molecule has 0 aromatic heterocycles. The second kappa shape index (κ2) is 18.2. The highest BCUT2D eigenvalue weighted by Gasteiger charge is 2.57. The summed E-state index contributed by atoms with van der Waals surface area (Å²) in [5, 5.41) is 15.3. The molecule has 1 aromatic rings. The summed E-state index contributed by atoms with van der Waals surface area (Å²) >= 11 is 0. The summed E-state index contributed by atoms with van der Waals surface area (Å²) in [4.78, 5) is 82.5. The second-order valence-corrected chi connectivity index (χ2v) is 18.8. The number of carbonyl (C=O) groups excluding carboxylic acids is 6. The van der Waals surface area contributed by atoms with Crippen LogP contribution in [0.3, 0.4) is 0 Å². The van der Waals surface area contributed by atoms with Crippen molar-refractivity contribution in [2.75, 3.05) is 6.54 Å². The number of ether oxygens (including phenoxy) is 3. The van der Waals surface area contributed by atoms with Crippen molar-refractivity contribution >= 4 is 41.3 Å². The van der Waals surface area contributed by atoms with E-state index >= 15 is 0 Å². The topological polar surface area (TPSA) is 175 Å². The zero-order chi connectivity index (χ0) is 45.3. The van der Waals surface area contributed by atoms with Gasteiger partial charge in [0.1, 0.15) is 40.1 Å². The van der Waals surface area contributed by atoms with Gasteiger partial charge in [0.25, 0.3) is 11.8 Å². The first-order valence-electron chi connectivity index (χ1n) is 21.9. The molecule has 334 valence electrons. The van der Waals surface area contributed by atoms with Crippen LogP contribution in [0.25, 0.3) is 6.08 Å². The van der Waals surface area contributed by atoms with Gasteiger partial charge in [0, 0.05) is 60.8 Å². The molecule has 3 amide bonds. The van der Waals surface area contributed by atoms with Crippen LogP contribution < -0.4 is 14.8 Å². The molecule has 1 aliphatic carbocycles. The average Bonchev–Trinajstić information content (AvgIpc) is 3.49. The largest absolute Gasteiger partial charge is 0.506 e. The lowest BCUT2D eigenvalue weighted by atomic mass is 9.69. The van der Waals surface area contributed by atoms with Gasteiger partial charge < -0.3 is 29.5 Å². The summed E-state index contributed by atoms with van der Waals surface area (Å²) in [5.41, 5.74) is 1.25. The lowest BCUT2D eigenvalue weighted by molar-refractivity contribution is -0.197. The van der Waals surface area contributed by atoms with Crippen LogP contribution in [0.2, 0.25) is 0 Å². The first-order valence-corrected chi connectivity index (χ1v) is 21.9. The Kier molecular flexibility index (Phi) is 13.6. The van der Waals surface area contributed by atoms with Crippen LogP contribution in [0.1, 0.15) is 148 Å². The third-order valence-electron chi connectivity index (χ3n) is 12.6. The molecule has 13 nitrogen and oxygen atoms in total. The van der Waals surface area contributed by atoms with Gasteiger partial charge in [-0.25, -0.2) is 4.79 Å². The Hall–Kier alpha value is -5.30. The van der Waals surface area contributed by atoms with Crippen molar-refractivity contribution in [3.8, 4) is 17.2 Å².